The highest BCUT2D eigenvalue weighted by Gasteiger charge is 2.23. The van der Waals surface area contributed by atoms with Crippen molar-refractivity contribution < 1.29 is 13.7 Å². The Morgan fingerprint density at radius 1 is 0.935 bits per heavy atom. The van der Waals surface area contributed by atoms with Gasteiger partial charge in [0.15, 0.2) is 5.82 Å². The fraction of sp³-hybridized carbons (Fsp3) is 0.208. The molecule has 4 aromatic rings. The molecule has 1 aliphatic rings. The van der Waals surface area contributed by atoms with E-state index in [-0.39, 0.29) is 11.7 Å². The van der Waals surface area contributed by atoms with Crippen LogP contribution in [-0.2, 0) is 6.54 Å². The van der Waals surface area contributed by atoms with Crippen LogP contribution in [0.2, 0.25) is 0 Å². The summed E-state index contributed by atoms with van der Waals surface area (Å²) in [6.07, 6.45) is 0. The second-order valence-corrected chi connectivity index (χ2v) is 7.65. The third-order valence-corrected chi connectivity index (χ3v) is 5.58. The number of piperazine rings is 1. The van der Waals surface area contributed by atoms with Gasteiger partial charge in [-0.25, -0.2) is 4.39 Å². The van der Waals surface area contributed by atoms with E-state index >= 15 is 0 Å². The SMILES string of the molecule is O=C(c1ccc2ccccc2c1)N1CCN(Cc2noc(-c3ccc(F)cc3)n2)CC1. The van der Waals surface area contributed by atoms with E-state index in [0.717, 1.165) is 23.9 Å². The molecule has 7 heteroatoms. The predicted octanol–water partition coefficient (Wildman–Crippen LogP) is 3.99. The zero-order valence-corrected chi connectivity index (χ0v) is 16.9. The van der Waals surface area contributed by atoms with Crippen molar-refractivity contribution in [2.75, 3.05) is 26.2 Å². The summed E-state index contributed by atoms with van der Waals surface area (Å²) in [5.41, 5.74) is 1.40. The molecule has 2 heterocycles. The lowest BCUT2D eigenvalue weighted by atomic mass is 10.1. The van der Waals surface area contributed by atoms with Gasteiger partial charge in [-0.15, -0.1) is 0 Å². The van der Waals surface area contributed by atoms with Crippen LogP contribution in [0.4, 0.5) is 4.39 Å². The molecular weight excluding hydrogens is 395 g/mol. The Bertz CT molecular complexity index is 1210. The van der Waals surface area contributed by atoms with Crippen molar-refractivity contribution in [3.05, 3.63) is 83.9 Å². The second-order valence-electron chi connectivity index (χ2n) is 7.65. The van der Waals surface area contributed by atoms with E-state index in [1.165, 1.54) is 12.1 Å². The van der Waals surface area contributed by atoms with Gasteiger partial charge in [0.1, 0.15) is 5.82 Å². The van der Waals surface area contributed by atoms with Crippen molar-refractivity contribution in [3.8, 4) is 11.5 Å². The van der Waals surface area contributed by atoms with Crippen LogP contribution in [0.3, 0.4) is 0 Å². The molecule has 156 valence electrons. The van der Waals surface area contributed by atoms with Crippen LogP contribution < -0.4 is 0 Å². The molecular formula is C24H21FN4O2. The molecule has 0 bridgehead atoms. The van der Waals surface area contributed by atoms with Crippen molar-refractivity contribution in [3.63, 3.8) is 0 Å². The number of hydrogen-bond acceptors (Lipinski definition) is 5. The third kappa shape index (κ3) is 4.18. The molecule has 0 unspecified atom stereocenters. The number of aromatic nitrogens is 2. The van der Waals surface area contributed by atoms with E-state index in [0.29, 0.717) is 42.5 Å². The summed E-state index contributed by atoms with van der Waals surface area (Å²) in [6, 6.07) is 19.9. The van der Waals surface area contributed by atoms with Gasteiger partial charge in [0.25, 0.3) is 11.8 Å². The zero-order chi connectivity index (χ0) is 21.2. The number of nitrogens with zero attached hydrogens (tertiary/aromatic N) is 4. The maximum atomic E-state index is 13.1. The predicted molar refractivity (Wildman–Crippen MR) is 115 cm³/mol. The highest BCUT2D eigenvalue weighted by molar-refractivity contribution is 5.98. The number of carbonyl (C=O) groups is 1. The number of carbonyl (C=O) groups excluding carboxylic acids is 1. The molecule has 0 saturated carbocycles. The molecule has 0 aliphatic carbocycles. The molecule has 1 aromatic heterocycles. The molecule has 5 rings (SSSR count). The summed E-state index contributed by atoms with van der Waals surface area (Å²) < 4.78 is 18.4. The summed E-state index contributed by atoms with van der Waals surface area (Å²) in [7, 11) is 0. The molecule has 6 nitrogen and oxygen atoms in total. The van der Waals surface area contributed by atoms with E-state index in [1.807, 2.05) is 47.4 Å². The van der Waals surface area contributed by atoms with Gasteiger partial charge in [0.05, 0.1) is 6.54 Å². The smallest absolute Gasteiger partial charge is 0.257 e. The molecule has 0 radical (unpaired) electrons. The van der Waals surface area contributed by atoms with Gasteiger partial charge in [0, 0.05) is 37.3 Å². The summed E-state index contributed by atoms with van der Waals surface area (Å²) in [4.78, 5) is 21.4. The molecule has 0 atom stereocenters. The number of benzene rings is 3. The maximum Gasteiger partial charge on any atom is 0.257 e. The minimum atomic E-state index is -0.306. The topological polar surface area (TPSA) is 62.5 Å². The van der Waals surface area contributed by atoms with Gasteiger partial charge in [-0.1, -0.05) is 35.5 Å². The van der Waals surface area contributed by atoms with Gasteiger partial charge >= 0.3 is 0 Å². The normalized spacial score (nSPS) is 14.8. The molecule has 1 aliphatic heterocycles. The molecule has 31 heavy (non-hydrogen) atoms. The highest BCUT2D eigenvalue weighted by Crippen LogP contribution is 2.20. The average molecular weight is 416 g/mol. The van der Waals surface area contributed by atoms with Gasteiger partial charge in [0.2, 0.25) is 0 Å². The first kappa shape index (κ1) is 19.4. The van der Waals surface area contributed by atoms with Crippen LogP contribution in [-0.4, -0.2) is 52.0 Å². The fourth-order valence-electron chi connectivity index (χ4n) is 3.84. The van der Waals surface area contributed by atoms with Crippen LogP contribution in [0.1, 0.15) is 16.2 Å². The Hall–Kier alpha value is -3.58. The van der Waals surface area contributed by atoms with Crippen molar-refractivity contribution >= 4 is 16.7 Å². The Balaban J connectivity index is 1.19. The number of halogens is 1. The van der Waals surface area contributed by atoms with Crippen LogP contribution in [0, 0.1) is 5.82 Å². The third-order valence-electron chi connectivity index (χ3n) is 5.58. The lowest BCUT2D eigenvalue weighted by Gasteiger charge is -2.34. The monoisotopic (exact) mass is 416 g/mol. The molecule has 1 fully saturated rings. The Kier molecular flexibility index (Phi) is 5.18. The summed E-state index contributed by atoms with van der Waals surface area (Å²) in [6.45, 7) is 3.31. The Labute approximate surface area is 178 Å². The molecule has 1 saturated heterocycles. The molecule has 0 spiro atoms. The largest absolute Gasteiger partial charge is 0.336 e. The summed E-state index contributed by atoms with van der Waals surface area (Å²) in [5, 5.41) is 6.24. The molecule has 1 amide bonds. The second kappa shape index (κ2) is 8.28. The number of fused-ring (bicyclic) bond motifs is 1. The minimum absolute atomic E-state index is 0.0589. The van der Waals surface area contributed by atoms with E-state index < -0.39 is 0 Å². The van der Waals surface area contributed by atoms with Crippen molar-refractivity contribution in [1.29, 1.82) is 0 Å². The minimum Gasteiger partial charge on any atom is -0.336 e. The first-order valence-corrected chi connectivity index (χ1v) is 10.2. The fourth-order valence-corrected chi connectivity index (χ4v) is 3.84. The van der Waals surface area contributed by atoms with E-state index in [1.54, 1.807) is 12.1 Å². The van der Waals surface area contributed by atoms with Crippen LogP contribution in [0.5, 0.6) is 0 Å². The van der Waals surface area contributed by atoms with E-state index in [4.69, 9.17) is 4.52 Å². The van der Waals surface area contributed by atoms with Crippen molar-refractivity contribution in [2.24, 2.45) is 0 Å². The number of hydrogen-bond donors (Lipinski definition) is 0. The van der Waals surface area contributed by atoms with Gasteiger partial charge in [-0.3, -0.25) is 9.69 Å². The first-order valence-electron chi connectivity index (χ1n) is 10.2. The van der Waals surface area contributed by atoms with Gasteiger partial charge < -0.3 is 9.42 Å². The first-order chi connectivity index (χ1) is 15.2. The number of rotatable bonds is 4. The number of amides is 1. The summed E-state index contributed by atoms with van der Waals surface area (Å²) >= 11 is 0. The molecule has 0 N–H and O–H groups in total. The van der Waals surface area contributed by atoms with Crippen LogP contribution in [0.15, 0.2) is 71.3 Å². The molecule has 3 aromatic carbocycles. The van der Waals surface area contributed by atoms with Crippen LogP contribution >= 0.6 is 0 Å². The lowest BCUT2D eigenvalue weighted by molar-refractivity contribution is 0.0624. The average Bonchev–Trinajstić information content (AvgIpc) is 3.27. The lowest BCUT2D eigenvalue weighted by Crippen LogP contribution is -2.48. The Morgan fingerprint density at radius 3 is 2.45 bits per heavy atom. The van der Waals surface area contributed by atoms with Gasteiger partial charge in [-0.2, -0.15) is 4.98 Å². The van der Waals surface area contributed by atoms with Crippen molar-refractivity contribution in [2.45, 2.75) is 6.54 Å². The highest BCUT2D eigenvalue weighted by atomic mass is 19.1. The van der Waals surface area contributed by atoms with E-state index in [9.17, 15) is 9.18 Å². The zero-order valence-electron chi connectivity index (χ0n) is 16.9. The van der Waals surface area contributed by atoms with Gasteiger partial charge in [-0.05, 0) is 47.2 Å². The van der Waals surface area contributed by atoms with E-state index in [2.05, 4.69) is 15.0 Å². The summed E-state index contributed by atoms with van der Waals surface area (Å²) in [5.74, 6) is 0.705. The van der Waals surface area contributed by atoms with Crippen LogP contribution in [0.25, 0.3) is 22.2 Å². The standard InChI is InChI=1S/C24H21FN4O2/c25-21-9-7-18(8-10-21)23-26-22(27-31-23)16-28-11-13-29(14-12-28)24(30)20-6-5-17-3-1-2-4-19(17)15-20/h1-10,15H,11-14,16H2. The Morgan fingerprint density at radius 2 is 1.68 bits per heavy atom. The maximum absolute atomic E-state index is 13.1. The quantitative estimate of drug-likeness (QED) is 0.504. The van der Waals surface area contributed by atoms with Crippen molar-refractivity contribution in [1.82, 2.24) is 19.9 Å².